The van der Waals surface area contributed by atoms with Crippen LogP contribution < -0.4 is 9.47 Å². The summed E-state index contributed by atoms with van der Waals surface area (Å²) in [6.45, 7) is 0. The molecule has 0 bridgehead atoms. The first-order valence-electron chi connectivity index (χ1n) is 4.41. The highest BCUT2D eigenvalue weighted by Crippen LogP contribution is 2.32. The summed E-state index contributed by atoms with van der Waals surface area (Å²) in [4.78, 5) is 4.37. The molecule has 0 aliphatic carbocycles. The lowest BCUT2D eigenvalue weighted by molar-refractivity contribution is 0.344. The zero-order valence-corrected chi connectivity index (χ0v) is 10.3. The molecule has 0 amide bonds. The Labute approximate surface area is 95.9 Å². The lowest BCUT2D eigenvalue weighted by Gasteiger charge is -2.06. The molecule has 0 aliphatic rings. The number of nitrogens with zero attached hydrogens (tertiary/aromatic N) is 2. The van der Waals surface area contributed by atoms with Gasteiger partial charge in [0.15, 0.2) is 5.75 Å². The molecule has 2 aromatic rings. The summed E-state index contributed by atoms with van der Waals surface area (Å²) in [6.07, 6.45) is 1.95. The van der Waals surface area contributed by atoms with Gasteiger partial charge >= 0.3 is 0 Å². The maximum Gasteiger partial charge on any atom is 0.257 e. The van der Waals surface area contributed by atoms with Crippen molar-refractivity contribution < 1.29 is 9.47 Å². The van der Waals surface area contributed by atoms with Crippen molar-refractivity contribution >= 4 is 27.0 Å². The number of hydrogen-bond donors (Lipinski definition) is 0. The Morgan fingerprint density at radius 3 is 2.67 bits per heavy atom. The molecule has 0 saturated carbocycles. The van der Waals surface area contributed by atoms with Gasteiger partial charge in [-0.2, -0.15) is 0 Å². The van der Waals surface area contributed by atoms with Gasteiger partial charge in [-0.05, 0) is 15.9 Å². The summed E-state index contributed by atoms with van der Waals surface area (Å²) >= 11 is 3.45. The zero-order valence-electron chi connectivity index (χ0n) is 8.74. The number of halogens is 1. The van der Waals surface area contributed by atoms with Gasteiger partial charge in [0.25, 0.3) is 5.88 Å². The van der Waals surface area contributed by atoms with Gasteiger partial charge in [0, 0.05) is 19.3 Å². The van der Waals surface area contributed by atoms with Crippen molar-refractivity contribution in [3.05, 3.63) is 16.7 Å². The van der Waals surface area contributed by atoms with E-state index in [1.165, 1.54) is 0 Å². The fourth-order valence-corrected chi connectivity index (χ4v) is 2.10. The highest BCUT2D eigenvalue weighted by atomic mass is 79.9. The lowest BCUT2D eigenvalue weighted by atomic mass is 10.3. The number of fused-ring (bicyclic) bond motifs is 1. The van der Waals surface area contributed by atoms with E-state index in [1.807, 2.05) is 23.9 Å². The normalized spacial score (nSPS) is 10.7. The maximum atomic E-state index is 5.19. The molecule has 4 nitrogen and oxygen atoms in total. The summed E-state index contributed by atoms with van der Waals surface area (Å²) in [5.74, 6) is 1.13. The minimum absolute atomic E-state index is 0.497. The third-order valence-electron chi connectivity index (χ3n) is 2.26. The highest BCUT2D eigenvalue weighted by molar-refractivity contribution is 9.10. The van der Waals surface area contributed by atoms with Crippen LogP contribution >= 0.6 is 15.9 Å². The summed E-state index contributed by atoms with van der Waals surface area (Å²) in [5.41, 5.74) is 1.87. The first kappa shape index (κ1) is 10.3. The van der Waals surface area contributed by atoms with Crippen molar-refractivity contribution in [3.63, 3.8) is 0 Å². The van der Waals surface area contributed by atoms with Crippen molar-refractivity contribution in [2.75, 3.05) is 14.2 Å². The van der Waals surface area contributed by atoms with Crippen LogP contribution in [0, 0.1) is 0 Å². The molecule has 0 aromatic carbocycles. The Kier molecular flexibility index (Phi) is 2.56. The van der Waals surface area contributed by atoms with Gasteiger partial charge in [-0.1, -0.05) is 0 Å². The van der Waals surface area contributed by atoms with E-state index in [0.29, 0.717) is 11.6 Å². The third kappa shape index (κ3) is 1.56. The minimum Gasteiger partial charge on any atom is -0.491 e. The number of hydrogen-bond acceptors (Lipinski definition) is 3. The number of methoxy groups -OCH3 is 2. The summed E-state index contributed by atoms with van der Waals surface area (Å²) in [5, 5.41) is 0. The van der Waals surface area contributed by atoms with Crippen LogP contribution in [0.1, 0.15) is 0 Å². The van der Waals surface area contributed by atoms with E-state index in [9.17, 15) is 0 Å². The Hall–Kier alpha value is -1.23. The second-order valence-corrected chi connectivity index (χ2v) is 4.01. The Balaban J connectivity index is 2.77. The molecular weight excluding hydrogens is 260 g/mol. The Morgan fingerprint density at radius 2 is 2.07 bits per heavy atom. The van der Waals surface area contributed by atoms with E-state index in [2.05, 4.69) is 20.9 Å². The van der Waals surface area contributed by atoms with Gasteiger partial charge in [0.1, 0.15) is 5.52 Å². The van der Waals surface area contributed by atoms with Crippen LogP contribution in [0.2, 0.25) is 0 Å². The average Bonchev–Trinajstić information content (AvgIpc) is 2.52. The van der Waals surface area contributed by atoms with Crippen molar-refractivity contribution in [2.45, 2.75) is 0 Å². The molecular formula is C10H11BrN2O2. The van der Waals surface area contributed by atoms with E-state index in [1.54, 1.807) is 14.2 Å². The molecule has 0 radical (unpaired) electrons. The maximum absolute atomic E-state index is 5.19. The number of aryl methyl sites for hydroxylation is 1. The molecule has 2 aromatic heterocycles. The van der Waals surface area contributed by atoms with Crippen LogP contribution in [0.5, 0.6) is 11.6 Å². The molecule has 0 fully saturated rings. The molecule has 0 saturated heterocycles. The average molecular weight is 271 g/mol. The van der Waals surface area contributed by atoms with Gasteiger partial charge < -0.3 is 14.0 Å². The first-order chi connectivity index (χ1) is 7.17. The summed E-state index contributed by atoms with van der Waals surface area (Å²) in [7, 11) is 5.14. The standard InChI is InChI=1S/C10H11BrN2O2/c1-13-5-6(11)9-7(13)4-8(14-2)10(12-9)15-3/h4-5H,1-3H3. The van der Waals surface area contributed by atoms with Gasteiger partial charge in [0.05, 0.1) is 24.2 Å². The predicted molar refractivity (Wildman–Crippen MR) is 61.5 cm³/mol. The minimum atomic E-state index is 0.497. The van der Waals surface area contributed by atoms with Crippen molar-refractivity contribution in [2.24, 2.45) is 7.05 Å². The van der Waals surface area contributed by atoms with E-state index < -0.39 is 0 Å². The van der Waals surface area contributed by atoms with E-state index in [4.69, 9.17) is 9.47 Å². The molecule has 15 heavy (non-hydrogen) atoms. The second-order valence-electron chi connectivity index (χ2n) is 3.16. The van der Waals surface area contributed by atoms with Gasteiger partial charge in [0.2, 0.25) is 0 Å². The number of pyridine rings is 1. The van der Waals surface area contributed by atoms with Crippen molar-refractivity contribution in [1.29, 1.82) is 0 Å². The van der Waals surface area contributed by atoms with Gasteiger partial charge in [-0.15, -0.1) is 0 Å². The molecule has 5 heteroatoms. The number of aromatic nitrogens is 2. The number of rotatable bonds is 2. The van der Waals surface area contributed by atoms with Crippen LogP contribution in [0.3, 0.4) is 0 Å². The van der Waals surface area contributed by atoms with E-state index in [-0.39, 0.29) is 0 Å². The Morgan fingerprint density at radius 1 is 1.33 bits per heavy atom. The first-order valence-corrected chi connectivity index (χ1v) is 5.20. The van der Waals surface area contributed by atoms with Gasteiger partial charge in [-0.25, -0.2) is 4.98 Å². The molecule has 0 spiro atoms. The van der Waals surface area contributed by atoms with Gasteiger partial charge in [-0.3, -0.25) is 0 Å². The molecule has 0 aliphatic heterocycles. The summed E-state index contributed by atoms with van der Waals surface area (Å²) in [6, 6.07) is 1.91. The van der Waals surface area contributed by atoms with Crippen LogP contribution in [0.15, 0.2) is 16.7 Å². The largest absolute Gasteiger partial charge is 0.491 e. The number of ether oxygens (including phenoxy) is 2. The smallest absolute Gasteiger partial charge is 0.257 e. The van der Waals surface area contributed by atoms with Crippen molar-refractivity contribution in [3.8, 4) is 11.6 Å². The predicted octanol–water partition coefficient (Wildman–Crippen LogP) is 2.35. The SMILES string of the molecule is COc1cc2c(nc1OC)c(Br)cn2C. The molecule has 2 rings (SSSR count). The summed E-state index contributed by atoms with van der Waals surface area (Å²) < 4.78 is 13.3. The fourth-order valence-electron chi connectivity index (χ4n) is 1.51. The van der Waals surface area contributed by atoms with Crippen LogP contribution in [0.4, 0.5) is 0 Å². The third-order valence-corrected chi connectivity index (χ3v) is 2.84. The molecule has 80 valence electrons. The second kappa shape index (κ2) is 3.73. The van der Waals surface area contributed by atoms with Crippen molar-refractivity contribution in [1.82, 2.24) is 9.55 Å². The van der Waals surface area contributed by atoms with E-state index >= 15 is 0 Å². The monoisotopic (exact) mass is 270 g/mol. The molecule has 0 atom stereocenters. The molecule has 0 N–H and O–H groups in total. The zero-order chi connectivity index (χ0) is 11.0. The molecule has 0 unspecified atom stereocenters. The van der Waals surface area contributed by atoms with Crippen LogP contribution in [-0.4, -0.2) is 23.8 Å². The fraction of sp³-hybridized carbons (Fsp3) is 0.300. The highest BCUT2D eigenvalue weighted by Gasteiger charge is 2.12. The topological polar surface area (TPSA) is 36.3 Å². The quantitative estimate of drug-likeness (QED) is 0.841. The van der Waals surface area contributed by atoms with E-state index in [0.717, 1.165) is 15.5 Å². The van der Waals surface area contributed by atoms with Crippen LogP contribution in [0.25, 0.3) is 11.0 Å². The van der Waals surface area contributed by atoms with Crippen LogP contribution in [-0.2, 0) is 7.05 Å². The lowest BCUT2D eigenvalue weighted by Crippen LogP contribution is -1.94. The Bertz CT molecular complexity index is 464. The molecule has 2 heterocycles.